The number of nitrogens with zero attached hydrogens (tertiary/aromatic N) is 1. The van der Waals surface area contributed by atoms with Gasteiger partial charge in [-0.25, -0.2) is 0 Å². The van der Waals surface area contributed by atoms with E-state index < -0.39 is 0 Å². The number of rotatable bonds is 5. The molecule has 0 saturated carbocycles. The van der Waals surface area contributed by atoms with Gasteiger partial charge in [-0.05, 0) is 65.7 Å². The molecule has 1 heterocycles. The van der Waals surface area contributed by atoms with Gasteiger partial charge in [0.2, 0.25) is 0 Å². The Hall–Kier alpha value is -3.10. The van der Waals surface area contributed by atoms with Crippen molar-refractivity contribution in [2.24, 2.45) is 0 Å². The fourth-order valence-electron chi connectivity index (χ4n) is 2.34. The lowest BCUT2D eigenvalue weighted by atomic mass is 10.1. The summed E-state index contributed by atoms with van der Waals surface area (Å²) in [5, 5.41) is 7.37. The van der Waals surface area contributed by atoms with Crippen LogP contribution in [0.25, 0.3) is 0 Å². The topological polar surface area (TPSA) is 78.5 Å². The Bertz CT molecular complexity index is 1020. The molecule has 0 radical (unpaired) electrons. The van der Waals surface area contributed by atoms with Gasteiger partial charge in [0.15, 0.2) is 0 Å². The highest BCUT2D eigenvalue weighted by molar-refractivity contribution is 8.13. The highest BCUT2D eigenvalue weighted by atomic mass is 32.2. The Kier molecular flexibility index (Phi) is 6.69. The molecule has 2 N–H and O–H groups in total. The third-order valence-electron chi connectivity index (χ3n) is 3.81. The van der Waals surface area contributed by atoms with Crippen LogP contribution in [0.3, 0.4) is 0 Å². The molecular formula is C21H19N3O3S2. The minimum atomic E-state index is -0.290. The normalized spacial score (nSPS) is 10.3. The van der Waals surface area contributed by atoms with E-state index in [4.69, 9.17) is 0 Å². The summed E-state index contributed by atoms with van der Waals surface area (Å²) in [5.41, 5.74) is 1.59. The van der Waals surface area contributed by atoms with Crippen LogP contribution >= 0.6 is 23.1 Å². The maximum absolute atomic E-state index is 12.5. The number of amides is 3. The molecule has 8 heteroatoms. The quantitative estimate of drug-likeness (QED) is 0.562. The molecule has 0 aliphatic carbocycles. The fourth-order valence-corrected chi connectivity index (χ4v) is 3.62. The Balaban J connectivity index is 1.63. The van der Waals surface area contributed by atoms with Gasteiger partial charge < -0.3 is 15.5 Å². The van der Waals surface area contributed by atoms with Crippen molar-refractivity contribution in [2.75, 3.05) is 24.7 Å². The van der Waals surface area contributed by atoms with Crippen LogP contribution in [0.1, 0.15) is 20.0 Å². The monoisotopic (exact) mass is 425 g/mol. The first-order valence-electron chi connectivity index (χ1n) is 8.68. The maximum atomic E-state index is 12.5. The van der Waals surface area contributed by atoms with Gasteiger partial charge in [0.25, 0.3) is 17.1 Å². The van der Waals surface area contributed by atoms with Crippen molar-refractivity contribution in [3.63, 3.8) is 0 Å². The number of hydrogen-bond acceptors (Lipinski definition) is 5. The molecule has 0 spiro atoms. The Labute approximate surface area is 176 Å². The van der Waals surface area contributed by atoms with Gasteiger partial charge in [0, 0.05) is 35.9 Å². The Morgan fingerprint density at radius 3 is 2.24 bits per heavy atom. The van der Waals surface area contributed by atoms with Gasteiger partial charge in [-0.1, -0.05) is 12.1 Å². The molecule has 0 bridgehead atoms. The first-order chi connectivity index (χ1) is 13.9. The third-order valence-corrected chi connectivity index (χ3v) is 5.73. The number of hydrogen-bond donors (Lipinski definition) is 2. The number of carbonyl (C=O) groups is 3. The van der Waals surface area contributed by atoms with Gasteiger partial charge in [0.1, 0.15) is 0 Å². The van der Waals surface area contributed by atoms with E-state index in [9.17, 15) is 14.4 Å². The zero-order valence-corrected chi connectivity index (χ0v) is 17.5. The summed E-state index contributed by atoms with van der Waals surface area (Å²) in [6, 6.07) is 17.3. The number of benzene rings is 2. The van der Waals surface area contributed by atoms with E-state index in [0.29, 0.717) is 21.8 Å². The number of anilines is 2. The Morgan fingerprint density at radius 2 is 1.59 bits per heavy atom. The molecule has 29 heavy (non-hydrogen) atoms. The van der Waals surface area contributed by atoms with Crippen LogP contribution in [0.5, 0.6) is 0 Å². The number of thiophene rings is 1. The van der Waals surface area contributed by atoms with Gasteiger partial charge in [-0.15, -0.1) is 11.3 Å². The Morgan fingerprint density at radius 1 is 0.862 bits per heavy atom. The molecular weight excluding hydrogens is 406 g/mol. The number of thioether (sulfide) groups is 1. The molecule has 0 saturated heterocycles. The zero-order valence-electron chi connectivity index (χ0n) is 15.8. The molecule has 3 aromatic rings. The van der Waals surface area contributed by atoms with Crippen LogP contribution in [-0.2, 0) is 0 Å². The molecule has 3 amide bonds. The molecule has 148 valence electrons. The summed E-state index contributed by atoms with van der Waals surface area (Å²) in [4.78, 5) is 39.3. The molecule has 0 aliphatic heterocycles. The van der Waals surface area contributed by atoms with Crippen molar-refractivity contribution in [1.82, 2.24) is 4.90 Å². The van der Waals surface area contributed by atoms with E-state index in [1.54, 1.807) is 68.7 Å². The number of nitrogens with one attached hydrogen (secondary N) is 2. The van der Waals surface area contributed by atoms with E-state index >= 15 is 0 Å². The average Bonchev–Trinajstić information content (AvgIpc) is 3.24. The lowest BCUT2D eigenvalue weighted by molar-refractivity contribution is 0.101. The van der Waals surface area contributed by atoms with E-state index in [0.717, 1.165) is 16.7 Å². The van der Waals surface area contributed by atoms with Crippen molar-refractivity contribution < 1.29 is 14.4 Å². The van der Waals surface area contributed by atoms with E-state index in [1.807, 2.05) is 11.4 Å². The average molecular weight is 426 g/mol. The highest BCUT2D eigenvalue weighted by Gasteiger charge is 2.11. The van der Waals surface area contributed by atoms with Crippen molar-refractivity contribution in [3.8, 4) is 0 Å². The van der Waals surface area contributed by atoms with Gasteiger partial charge >= 0.3 is 0 Å². The fraction of sp³-hybridized carbons (Fsp3) is 0.0952. The SMILES string of the molecule is CN(C)C(=O)Sc1ccc(NC(=O)c2cccc(NC(=O)c3cccs3)c2)cc1. The van der Waals surface area contributed by atoms with E-state index in [1.165, 1.54) is 16.2 Å². The van der Waals surface area contributed by atoms with Crippen LogP contribution in [0.4, 0.5) is 16.2 Å². The highest BCUT2D eigenvalue weighted by Crippen LogP contribution is 2.23. The summed E-state index contributed by atoms with van der Waals surface area (Å²) < 4.78 is 0. The van der Waals surface area contributed by atoms with Gasteiger partial charge in [-0.2, -0.15) is 0 Å². The van der Waals surface area contributed by atoms with Crippen molar-refractivity contribution in [2.45, 2.75) is 4.90 Å². The van der Waals surface area contributed by atoms with Crippen LogP contribution in [0.15, 0.2) is 70.9 Å². The summed E-state index contributed by atoms with van der Waals surface area (Å²) >= 11 is 2.47. The van der Waals surface area contributed by atoms with Crippen LogP contribution in [0.2, 0.25) is 0 Å². The second-order valence-corrected chi connectivity index (χ2v) is 8.23. The van der Waals surface area contributed by atoms with E-state index in [-0.39, 0.29) is 17.1 Å². The summed E-state index contributed by atoms with van der Waals surface area (Å²) in [5.74, 6) is -0.500. The second kappa shape index (κ2) is 9.40. The predicted molar refractivity (Wildman–Crippen MR) is 118 cm³/mol. The molecule has 6 nitrogen and oxygen atoms in total. The minimum Gasteiger partial charge on any atom is -0.339 e. The molecule has 2 aromatic carbocycles. The van der Waals surface area contributed by atoms with E-state index in [2.05, 4.69) is 10.6 Å². The molecule has 0 aliphatic rings. The first kappa shape index (κ1) is 20.6. The lowest BCUT2D eigenvalue weighted by Crippen LogP contribution is -2.16. The van der Waals surface area contributed by atoms with Crippen LogP contribution in [0, 0.1) is 0 Å². The molecule has 0 fully saturated rings. The minimum absolute atomic E-state index is 0.0665. The van der Waals surface area contributed by atoms with Crippen LogP contribution in [-0.4, -0.2) is 36.0 Å². The first-order valence-corrected chi connectivity index (χ1v) is 10.4. The standard InChI is InChI=1S/C21H19N3O3S2/c1-24(2)21(27)29-17-10-8-15(9-11-17)22-19(25)14-5-3-6-16(13-14)23-20(26)18-7-4-12-28-18/h3-13H,1-2H3,(H,22,25)(H,23,26). The van der Waals surface area contributed by atoms with Gasteiger partial charge in [-0.3, -0.25) is 14.4 Å². The zero-order chi connectivity index (χ0) is 20.8. The van der Waals surface area contributed by atoms with Crippen LogP contribution < -0.4 is 10.6 Å². The summed E-state index contributed by atoms with van der Waals surface area (Å²) in [7, 11) is 3.39. The second-order valence-electron chi connectivity index (χ2n) is 6.25. The predicted octanol–water partition coefficient (Wildman–Crippen LogP) is 5.03. The number of carbonyl (C=O) groups excluding carboxylic acids is 3. The van der Waals surface area contributed by atoms with Crippen molar-refractivity contribution >= 4 is 51.5 Å². The summed E-state index contributed by atoms with van der Waals surface area (Å²) in [6.07, 6.45) is 0. The van der Waals surface area contributed by atoms with Gasteiger partial charge in [0.05, 0.1) is 4.88 Å². The smallest absolute Gasteiger partial charge is 0.285 e. The van der Waals surface area contributed by atoms with Crippen molar-refractivity contribution in [1.29, 1.82) is 0 Å². The molecule has 3 rings (SSSR count). The third kappa shape index (κ3) is 5.69. The molecule has 1 aromatic heterocycles. The largest absolute Gasteiger partial charge is 0.339 e. The maximum Gasteiger partial charge on any atom is 0.285 e. The lowest BCUT2D eigenvalue weighted by Gasteiger charge is -2.10. The summed E-state index contributed by atoms with van der Waals surface area (Å²) in [6.45, 7) is 0. The molecule has 0 unspecified atom stereocenters. The molecule has 0 atom stereocenters. The van der Waals surface area contributed by atoms with Crippen molar-refractivity contribution in [3.05, 3.63) is 76.5 Å².